The van der Waals surface area contributed by atoms with Crippen LogP contribution < -0.4 is 4.57 Å². The summed E-state index contributed by atoms with van der Waals surface area (Å²) in [5, 5.41) is 0. The van der Waals surface area contributed by atoms with Gasteiger partial charge in [-0.3, -0.25) is 0 Å². The van der Waals surface area contributed by atoms with Gasteiger partial charge in [0.1, 0.15) is 0 Å². The lowest BCUT2D eigenvalue weighted by molar-refractivity contribution is -0.724. The number of fused-ring (bicyclic) bond motifs is 1. The zero-order chi connectivity index (χ0) is 11.0. The summed E-state index contributed by atoms with van der Waals surface area (Å²) in [7, 11) is 0. The number of hydrogen-bond acceptors (Lipinski definition) is 0. The molecule has 1 nitrogen and oxygen atoms in total. The Morgan fingerprint density at radius 1 is 1.06 bits per heavy atom. The Morgan fingerprint density at radius 2 is 1.88 bits per heavy atom. The normalized spacial score (nSPS) is 37.3. The molecule has 0 unspecified atom stereocenters. The molecule has 0 aliphatic heterocycles. The molecule has 1 heterocycles. The fourth-order valence-electron chi connectivity index (χ4n) is 3.12. The van der Waals surface area contributed by atoms with E-state index in [9.17, 15) is 0 Å². The molecule has 0 radical (unpaired) electrons. The highest BCUT2D eigenvalue weighted by Crippen LogP contribution is 2.43. The van der Waals surface area contributed by atoms with Crippen LogP contribution in [-0.4, -0.2) is 3.92 Å². The van der Waals surface area contributed by atoms with Gasteiger partial charge in [0.25, 0.3) is 0 Å². The van der Waals surface area contributed by atoms with Crippen LogP contribution in [0.25, 0.3) is 0 Å². The number of hydrogen-bond donors (Lipinski definition) is 0. The van der Waals surface area contributed by atoms with E-state index in [0.717, 1.165) is 15.8 Å². The van der Waals surface area contributed by atoms with Gasteiger partial charge in [0, 0.05) is 18.6 Å². The third kappa shape index (κ3) is 1.92. The molecule has 2 aliphatic rings. The molecule has 4 atom stereocenters. The van der Waals surface area contributed by atoms with Crippen molar-refractivity contribution < 1.29 is 4.57 Å². The Bertz CT molecular complexity index is 387. The lowest BCUT2D eigenvalue weighted by atomic mass is 9.79. The van der Waals surface area contributed by atoms with Gasteiger partial charge < -0.3 is 0 Å². The fraction of sp³-hybridized carbons (Fsp3) is 0.500. The lowest BCUT2D eigenvalue weighted by Crippen LogP contribution is -2.47. The fourth-order valence-corrected chi connectivity index (χ4v) is 4.43. The van der Waals surface area contributed by atoms with Crippen molar-refractivity contribution in [1.29, 1.82) is 0 Å². The number of rotatable bonds is 1. The van der Waals surface area contributed by atoms with Gasteiger partial charge in [0.05, 0.1) is 3.92 Å². The summed E-state index contributed by atoms with van der Waals surface area (Å²) in [6.07, 6.45) is 13.3. The first-order chi connectivity index (χ1) is 7.84. The number of nitrogens with zero attached hydrogens (tertiary/aromatic N) is 1. The van der Waals surface area contributed by atoms with Crippen molar-refractivity contribution in [2.75, 3.05) is 0 Å². The van der Waals surface area contributed by atoms with Crippen LogP contribution in [0.4, 0.5) is 0 Å². The molecule has 3 rings (SSSR count). The minimum atomic E-state index is 0.686. The van der Waals surface area contributed by atoms with E-state index >= 15 is 0 Å². The number of alkyl halides is 1. The van der Waals surface area contributed by atoms with Crippen LogP contribution >= 0.6 is 22.6 Å². The van der Waals surface area contributed by atoms with Crippen LogP contribution in [0.15, 0.2) is 42.7 Å². The van der Waals surface area contributed by atoms with Gasteiger partial charge in [0.2, 0.25) is 0 Å². The molecule has 0 aromatic carbocycles. The lowest BCUT2D eigenvalue weighted by Gasteiger charge is -2.32. The molecule has 1 aromatic rings. The topological polar surface area (TPSA) is 3.88 Å². The highest BCUT2D eigenvalue weighted by atomic mass is 127. The van der Waals surface area contributed by atoms with E-state index in [1.807, 2.05) is 0 Å². The Hall–Kier alpha value is -0.380. The van der Waals surface area contributed by atoms with Crippen molar-refractivity contribution in [2.45, 2.75) is 29.2 Å². The van der Waals surface area contributed by atoms with Crippen LogP contribution in [0.1, 0.15) is 25.3 Å². The first kappa shape index (κ1) is 10.8. The molecule has 2 heteroatoms. The van der Waals surface area contributed by atoms with Gasteiger partial charge in [-0.1, -0.05) is 40.8 Å². The molecule has 0 N–H and O–H groups in total. The first-order valence-electron chi connectivity index (χ1n) is 6.11. The summed E-state index contributed by atoms with van der Waals surface area (Å²) in [6.45, 7) is 0. The predicted molar refractivity (Wildman–Crippen MR) is 73.5 cm³/mol. The standard InChI is InChI=1S/C14H17IN/c15-13-9-11-5-4-6-12(11)10-14(13)16-7-2-1-3-8-16/h1-4,6-8,11-14H,5,9-10H2/q+1/t11-,12-,13+,14+/m0/s1. The summed E-state index contributed by atoms with van der Waals surface area (Å²) < 4.78 is 3.19. The SMILES string of the molecule is I[C@@H]1C[C@@H]2CC=C[C@H]2C[C@H]1[n+]1ccccc1. The maximum absolute atomic E-state index is 2.65. The number of aromatic nitrogens is 1. The maximum Gasteiger partial charge on any atom is 0.170 e. The molecule has 1 aromatic heterocycles. The molecular weight excluding hydrogens is 309 g/mol. The number of allylic oxidation sites excluding steroid dienone is 2. The van der Waals surface area contributed by atoms with E-state index in [2.05, 4.69) is 69.9 Å². The van der Waals surface area contributed by atoms with Gasteiger partial charge in [-0.05, 0) is 24.7 Å². The van der Waals surface area contributed by atoms with Crippen molar-refractivity contribution >= 4 is 22.6 Å². The van der Waals surface area contributed by atoms with E-state index in [1.165, 1.54) is 19.3 Å². The quantitative estimate of drug-likeness (QED) is 0.323. The minimum Gasteiger partial charge on any atom is -0.201 e. The van der Waals surface area contributed by atoms with Crippen molar-refractivity contribution in [2.24, 2.45) is 11.8 Å². The van der Waals surface area contributed by atoms with E-state index in [4.69, 9.17) is 0 Å². The van der Waals surface area contributed by atoms with Crippen LogP contribution in [0.3, 0.4) is 0 Å². The van der Waals surface area contributed by atoms with Gasteiger partial charge in [0.15, 0.2) is 18.4 Å². The molecule has 0 spiro atoms. The van der Waals surface area contributed by atoms with Gasteiger partial charge in [-0.2, -0.15) is 0 Å². The molecule has 16 heavy (non-hydrogen) atoms. The number of pyridine rings is 1. The summed E-state index contributed by atoms with van der Waals surface area (Å²) in [4.78, 5) is 0. The first-order valence-corrected chi connectivity index (χ1v) is 7.35. The van der Waals surface area contributed by atoms with Crippen LogP contribution in [0.2, 0.25) is 0 Å². The molecule has 1 fully saturated rings. The summed E-state index contributed by atoms with van der Waals surface area (Å²) >= 11 is 2.65. The third-order valence-corrected chi connectivity index (χ3v) is 5.35. The van der Waals surface area contributed by atoms with Gasteiger partial charge >= 0.3 is 0 Å². The van der Waals surface area contributed by atoms with Gasteiger partial charge in [-0.25, -0.2) is 4.57 Å². The predicted octanol–water partition coefficient (Wildman–Crippen LogP) is 3.30. The Balaban J connectivity index is 1.83. The molecule has 1 saturated carbocycles. The molecule has 2 aliphatic carbocycles. The second-order valence-corrected chi connectivity index (χ2v) is 6.57. The maximum atomic E-state index is 2.65. The summed E-state index contributed by atoms with van der Waals surface area (Å²) in [5.74, 6) is 1.77. The zero-order valence-electron chi connectivity index (χ0n) is 9.30. The monoisotopic (exact) mass is 326 g/mol. The largest absolute Gasteiger partial charge is 0.201 e. The summed E-state index contributed by atoms with van der Waals surface area (Å²) in [5.41, 5.74) is 0. The molecule has 0 amide bonds. The highest BCUT2D eigenvalue weighted by Gasteiger charge is 2.40. The average Bonchev–Trinajstić information content (AvgIpc) is 2.76. The third-order valence-electron chi connectivity index (χ3n) is 4.01. The minimum absolute atomic E-state index is 0.686. The smallest absolute Gasteiger partial charge is 0.170 e. The Labute approximate surface area is 111 Å². The summed E-state index contributed by atoms with van der Waals surface area (Å²) in [6, 6.07) is 7.06. The van der Waals surface area contributed by atoms with Crippen molar-refractivity contribution in [3.05, 3.63) is 42.7 Å². The number of halogens is 1. The van der Waals surface area contributed by atoms with E-state index < -0.39 is 0 Å². The molecular formula is C14H17IN+. The van der Waals surface area contributed by atoms with E-state index in [-0.39, 0.29) is 0 Å². The van der Waals surface area contributed by atoms with Crippen LogP contribution in [-0.2, 0) is 0 Å². The van der Waals surface area contributed by atoms with E-state index in [1.54, 1.807) is 0 Å². The van der Waals surface area contributed by atoms with E-state index in [0.29, 0.717) is 6.04 Å². The average molecular weight is 326 g/mol. The zero-order valence-corrected chi connectivity index (χ0v) is 11.5. The van der Waals surface area contributed by atoms with Crippen LogP contribution in [0.5, 0.6) is 0 Å². The van der Waals surface area contributed by atoms with Crippen molar-refractivity contribution in [3.63, 3.8) is 0 Å². The van der Waals surface area contributed by atoms with Crippen LogP contribution in [0, 0.1) is 11.8 Å². The van der Waals surface area contributed by atoms with Crippen molar-refractivity contribution in [3.8, 4) is 0 Å². The molecule has 84 valence electrons. The second-order valence-electron chi connectivity index (χ2n) is 4.97. The van der Waals surface area contributed by atoms with Crippen molar-refractivity contribution in [1.82, 2.24) is 0 Å². The van der Waals surface area contributed by atoms with Gasteiger partial charge in [-0.15, -0.1) is 0 Å². The molecule has 0 saturated heterocycles. The Kier molecular flexibility index (Phi) is 3.01. The second kappa shape index (κ2) is 4.47. The molecule has 0 bridgehead atoms. The highest BCUT2D eigenvalue weighted by molar-refractivity contribution is 14.1. The Morgan fingerprint density at radius 3 is 2.69 bits per heavy atom.